The average Bonchev–Trinajstić information content (AvgIpc) is 2.56. The molecule has 27 heavy (non-hydrogen) atoms. The van der Waals surface area contributed by atoms with Gasteiger partial charge in [0.25, 0.3) is 5.56 Å². The second kappa shape index (κ2) is 6.81. The number of ether oxygens (including phenoxy) is 1. The van der Waals surface area contributed by atoms with Gasteiger partial charge in [-0.2, -0.15) is 18.2 Å². The molecule has 0 amide bonds. The van der Waals surface area contributed by atoms with E-state index in [2.05, 4.69) is 4.98 Å². The zero-order valence-corrected chi connectivity index (χ0v) is 15.5. The number of Topliss-reactive ketones (excluding diaryl/α,β-unsaturated/α-hetero) is 1. The largest absolute Gasteiger partial charge is 0.411 e. The van der Waals surface area contributed by atoms with Crippen LogP contribution in [0.1, 0.15) is 27.2 Å². The third-order valence-electron chi connectivity index (χ3n) is 5.29. The third-order valence-corrected chi connectivity index (χ3v) is 5.29. The standard InChI is InChI=1S/C17H23F3N4O3/c1-11-10-27-7-6-22(11)13-8-14(26)23-5-4-16(3,17(18,19)20)24(9-12(2)25)15(23)21-13/h8,11H,4-7,9-10H2,1-3H3/t11?,16-/m0/s1. The number of hydrogen-bond acceptors (Lipinski definition) is 6. The van der Waals surface area contributed by atoms with Crippen molar-refractivity contribution in [3.63, 3.8) is 0 Å². The van der Waals surface area contributed by atoms with E-state index in [1.807, 2.05) is 11.8 Å². The van der Waals surface area contributed by atoms with Gasteiger partial charge in [-0.05, 0) is 27.2 Å². The molecule has 0 spiro atoms. The van der Waals surface area contributed by atoms with Gasteiger partial charge in [0.15, 0.2) is 0 Å². The molecule has 0 saturated carbocycles. The second-order valence-electron chi connectivity index (χ2n) is 7.33. The molecule has 1 aromatic heterocycles. The molecule has 0 bridgehead atoms. The number of ketones is 1. The molecule has 1 aromatic rings. The van der Waals surface area contributed by atoms with Crippen molar-refractivity contribution in [2.75, 3.05) is 36.1 Å². The minimum atomic E-state index is -4.58. The van der Waals surface area contributed by atoms with Crippen LogP contribution in [0.2, 0.25) is 0 Å². The van der Waals surface area contributed by atoms with Crippen molar-refractivity contribution in [3.05, 3.63) is 16.4 Å². The Labute approximate surface area is 154 Å². The number of alkyl halides is 3. The Morgan fingerprint density at radius 2 is 2.11 bits per heavy atom. The average molecular weight is 388 g/mol. The Bertz CT molecular complexity index is 795. The Morgan fingerprint density at radius 3 is 2.70 bits per heavy atom. The first kappa shape index (κ1) is 19.7. The summed E-state index contributed by atoms with van der Waals surface area (Å²) in [4.78, 5) is 31.5. The molecule has 2 aliphatic rings. The van der Waals surface area contributed by atoms with E-state index >= 15 is 0 Å². The zero-order valence-electron chi connectivity index (χ0n) is 15.5. The van der Waals surface area contributed by atoms with Crippen LogP contribution in [0.25, 0.3) is 0 Å². The monoisotopic (exact) mass is 388 g/mol. The topological polar surface area (TPSA) is 67.7 Å². The maximum atomic E-state index is 13.8. The van der Waals surface area contributed by atoms with Crippen LogP contribution in [0.5, 0.6) is 0 Å². The first-order valence-corrected chi connectivity index (χ1v) is 8.84. The molecule has 0 N–H and O–H groups in total. The molecule has 0 radical (unpaired) electrons. The summed E-state index contributed by atoms with van der Waals surface area (Å²) in [5.41, 5.74) is -2.70. The fraction of sp³-hybridized carbons (Fsp3) is 0.706. The van der Waals surface area contributed by atoms with E-state index in [1.165, 1.54) is 17.6 Å². The molecule has 10 heteroatoms. The summed E-state index contributed by atoms with van der Waals surface area (Å²) < 4.78 is 48.1. The minimum Gasteiger partial charge on any atom is -0.377 e. The lowest BCUT2D eigenvalue weighted by Crippen LogP contribution is -2.62. The van der Waals surface area contributed by atoms with Crippen LogP contribution in [-0.4, -0.2) is 59.4 Å². The summed E-state index contributed by atoms with van der Waals surface area (Å²) in [6.45, 7) is 4.97. The van der Waals surface area contributed by atoms with Crippen LogP contribution in [0.3, 0.4) is 0 Å². The molecule has 3 rings (SSSR count). The predicted octanol–water partition coefficient (Wildman–Crippen LogP) is 1.59. The SMILES string of the molecule is CC(=O)CN1c2nc(N3CCOCC3C)cc(=O)n2CC[C@@]1(C)C(F)(F)F. The lowest BCUT2D eigenvalue weighted by atomic mass is 9.92. The highest BCUT2D eigenvalue weighted by Gasteiger charge is 2.57. The number of rotatable bonds is 3. The summed E-state index contributed by atoms with van der Waals surface area (Å²) in [6, 6.07) is 1.28. The highest BCUT2D eigenvalue weighted by atomic mass is 19.4. The first-order valence-electron chi connectivity index (χ1n) is 8.84. The van der Waals surface area contributed by atoms with Crippen LogP contribution in [0.4, 0.5) is 24.9 Å². The Balaban J connectivity index is 2.13. The van der Waals surface area contributed by atoms with Gasteiger partial charge in [0.05, 0.1) is 25.8 Å². The second-order valence-corrected chi connectivity index (χ2v) is 7.33. The Hall–Kier alpha value is -2.10. The van der Waals surface area contributed by atoms with Crippen molar-refractivity contribution < 1.29 is 22.7 Å². The normalized spacial score (nSPS) is 26.1. The molecule has 0 aromatic carbocycles. The first-order chi connectivity index (χ1) is 12.5. The van der Waals surface area contributed by atoms with Crippen molar-refractivity contribution in [2.45, 2.75) is 51.5 Å². The zero-order chi connectivity index (χ0) is 20.0. The Morgan fingerprint density at radius 1 is 1.41 bits per heavy atom. The van der Waals surface area contributed by atoms with E-state index in [0.717, 1.165) is 11.8 Å². The van der Waals surface area contributed by atoms with E-state index < -0.39 is 29.6 Å². The molecule has 2 atom stereocenters. The predicted molar refractivity (Wildman–Crippen MR) is 93.2 cm³/mol. The number of morpholine rings is 1. The molecular formula is C17H23F3N4O3. The summed E-state index contributed by atoms with van der Waals surface area (Å²) in [5, 5.41) is 0. The number of anilines is 2. The van der Waals surface area contributed by atoms with Gasteiger partial charge in [0, 0.05) is 19.2 Å². The number of carbonyl (C=O) groups is 1. The van der Waals surface area contributed by atoms with E-state index in [9.17, 15) is 22.8 Å². The van der Waals surface area contributed by atoms with Gasteiger partial charge >= 0.3 is 6.18 Å². The molecule has 1 fully saturated rings. The smallest absolute Gasteiger partial charge is 0.377 e. The van der Waals surface area contributed by atoms with Gasteiger partial charge < -0.3 is 14.5 Å². The van der Waals surface area contributed by atoms with Crippen molar-refractivity contribution in [2.24, 2.45) is 0 Å². The molecular weight excluding hydrogens is 365 g/mol. The maximum Gasteiger partial charge on any atom is 0.411 e. The molecule has 150 valence electrons. The quantitative estimate of drug-likeness (QED) is 0.784. The van der Waals surface area contributed by atoms with Gasteiger partial charge in [0.1, 0.15) is 17.1 Å². The van der Waals surface area contributed by atoms with Crippen LogP contribution in [0, 0.1) is 0 Å². The van der Waals surface area contributed by atoms with E-state index in [0.29, 0.717) is 25.6 Å². The van der Waals surface area contributed by atoms with Gasteiger partial charge in [-0.15, -0.1) is 0 Å². The summed E-state index contributed by atoms with van der Waals surface area (Å²) >= 11 is 0. The van der Waals surface area contributed by atoms with Gasteiger partial charge in [-0.3, -0.25) is 14.2 Å². The minimum absolute atomic E-state index is 0.0625. The third kappa shape index (κ3) is 3.42. The highest BCUT2D eigenvalue weighted by Crippen LogP contribution is 2.43. The van der Waals surface area contributed by atoms with Crippen LogP contribution < -0.4 is 15.4 Å². The van der Waals surface area contributed by atoms with Crippen molar-refractivity contribution in [3.8, 4) is 0 Å². The van der Waals surface area contributed by atoms with E-state index in [4.69, 9.17) is 4.74 Å². The number of halogens is 3. The van der Waals surface area contributed by atoms with E-state index in [1.54, 1.807) is 0 Å². The number of hydrogen-bond donors (Lipinski definition) is 0. The molecule has 3 heterocycles. The summed E-state index contributed by atoms with van der Waals surface area (Å²) in [7, 11) is 0. The number of aromatic nitrogens is 2. The molecule has 7 nitrogen and oxygen atoms in total. The molecule has 2 aliphatic heterocycles. The van der Waals surface area contributed by atoms with Gasteiger partial charge in [-0.1, -0.05) is 0 Å². The van der Waals surface area contributed by atoms with Crippen LogP contribution >= 0.6 is 0 Å². The molecule has 0 aliphatic carbocycles. The summed E-state index contributed by atoms with van der Waals surface area (Å²) in [5.74, 6) is -0.238. The molecule has 1 unspecified atom stereocenters. The molecule has 1 saturated heterocycles. The maximum absolute atomic E-state index is 13.8. The van der Waals surface area contributed by atoms with Crippen molar-refractivity contribution in [1.29, 1.82) is 0 Å². The lowest BCUT2D eigenvalue weighted by molar-refractivity contribution is -0.187. The van der Waals surface area contributed by atoms with Gasteiger partial charge in [-0.25, -0.2) is 0 Å². The number of carbonyl (C=O) groups excluding carboxylic acids is 1. The number of fused-ring (bicyclic) bond motifs is 1. The fourth-order valence-corrected chi connectivity index (χ4v) is 3.56. The fourth-order valence-electron chi connectivity index (χ4n) is 3.56. The Kier molecular flexibility index (Phi) is 4.96. The van der Waals surface area contributed by atoms with Crippen molar-refractivity contribution >= 4 is 17.5 Å². The van der Waals surface area contributed by atoms with Crippen LogP contribution in [-0.2, 0) is 16.1 Å². The highest BCUT2D eigenvalue weighted by molar-refractivity contribution is 5.81. The van der Waals surface area contributed by atoms with Crippen LogP contribution in [0.15, 0.2) is 10.9 Å². The summed E-state index contributed by atoms with van der Waals surface area (Å²) in [6.07, 6.45) is -4.90. The number of nitrogens with zero attached hydrogens (tertiary/aromatic N) is 4. The lowest BCUT2D eigenvalue weighted by Gasteiger charge is -2.47. The van der Waals surface area contributed by atoms with E-state index in [-0.39, 0.29) is 25.0 Å². The van der Waals surface area contributed by atoms with Crippen molar-refractivity contribution in [1.82, 2.24) is 9.55 Å². The van der Waals surface area contributed by atoms with Gasteiger partial charge in [0.2, 0.25) is 5.95 Å².